The van der Waals surface area contributed by atoms with Crippen LogP contribution in [0, 0.1) is 5.92 Å². The van der Waals surface area contributed by atoms with E-state index >= 15 is 0 Å². The van der Waals surface area contributed by atoms with Crippen LogP contribution in [0.4, 0.5) is 0 Å². The SMILES string of the molecule is CC(C)CCNC(N)=NCc1ccc(Cl)cc1. The van der Waals surface area contributed by atoms with Crippen LogP contribution in [0.5, 0.6) is 0 Å². The Morgan fingerprint density at radius 2 is 2.00 bits per heavy atom. The number of guanidine groups is 1. The summed E-state index contributed by atoms with van der Waals surface area (Å²) in [5.74, 6) is 1.17. The van der Waals surface area contributed by atoms with Crippen molar-refractivity contribution >= 4 is 17.6 Å². The number of rotatable bonds is 5. The van der Waals surface area contributed by atoms with E-state index in [1.54, 1.807) is 0 Å². The quantitative estimate of drug-likeness (QED) is 0.626. The highest BCUT2D eigenvalue weighted by Crippen LogP contribution is 2.09. The summed E-state index contributed by atoms with van der Waals surface area (Å²) in [4.78, 5) is 4.26. The van der Waals surface area contributed by atoms with E-state index < -0.39 is 0 Å². The molecule has 0 aromatic heterocycles. The van der Waals surface area contributed by atoms with Crippen molar-refractivity contribution in [3.8, 4) is 0 Å². The number of aliphatic imine (C=N–C) groups is 1. The molecule has 1 rings (SSSR count). The van der Waals surface area contributed by atoms with Gasteiger partial charge in [-0.2, -0.15) is 0 Å². The van der Waals surface area contributed by atoms with Crippen LogP contribution in [0.3, 0.4) is 0 Å². The first kappa shape index (κ1) is 13.8. The lowest BCUT2D eigenvalue weighted by Crippen LogP contribution is -2.32. The van der Waals surface area contributed by atoms with Gasteiger partial charge in [0.2, 0.25) is 0 Å². The van der Waals surface area contributed by atoms with Crippen LogP contribution in [-0.4, -0.2) is 12.5 Å². The Morgan fingerprint density at radius 1 is 1.35 bits per heavy atom. The van der Waals surface area contributed by atoms with Crippen molar-refractivity contribution < 1.29 is 0 Å². The summed E-state index contributed by atoms with van der Waals surface area (Å²) in [6, 6.07) is 7.62. The first-order chi connectivity index (χ1) is 8.08. The summed E-state index contributed by atoms with van der Waals surface area (Å²) in [6.45, 7) is 5.82. The predicted octanol–water partition coefficient (Wildman–Crippen LogP) is 2.79. The topological polar surface area (TPSA) is 50.4 Å². The van der Waals surface area contributed by atoms with E-state index in [-0.39, 0.29) is 0 Å². The molecule has 0 radical (unpaired) electrons. The lowest BCUT2D eigenvalue weighted by molar-refractivity contribution is 0.576. The predicted molar refractivity (Wildman–Crippen MR) is 74.2 cm³/mol. The third-order valence-electron chi connectivity index (χ3n) is 2.37. The third kappa shape index (κ3) is 6.17. The van der Waals surface area contributed by atoms with Crippen molar-refractivity contribution in [1.82, 2.24) is 5.32 Å². The van der Waals surface area contributed by atoms with E-state index in [4.69, 9.17) is 17.3 Å². The number of nitrogens with one attached hydrogen (secondary N) is 1. The fraction of sp³-hybridized carbons (Fsp3) is 0.462. The van der Waals surface area contributed by atoms with E-state index in [1.807, 2.05) is 24.3 Å². The van der Waals surface area contributed by atoms with Gasteiger partial charge in [0.15, 0.2) is 5.96 Å². The van der Waals surface area contributed by atoms with E-state index in [1.165, 1.54) is 0 Å². The number of nitrogens with two attached hydrogens (primary N) is 1. The summed E-state index contributed by atoms with van der Waals surface area (Å²) in [7, 11) is 0. The highest BCUT2D eigenvalue weighted by molar-refractivity contribution is 6.30. The first-order valence-electron chi connectivity index (χ1n) is 5.86. The monoisotopic (exact) mass is 253 g/mol. The molecule has 0 fully saturated rings. The molecule has 0 unspecified atom stereocenters. The van der Waals surface area contributed by atoms with E-state index in [0.29, 0.717) is 18.4 Å². The maximum Gasteiger partial charge on any atom is 0.188 e. The Kier molecular flexibility index (Phi) is 5.84. The maximum absolute atomic E-state index is 5.80. The molecular formula is C13H20ClN3. The van der Waals surface area contributed by atoms with Gasteiger partial charge in [-0.25, -0.2) is 4.99 Å². The van der Waals surface area contributed by atoms with Gasteiger partial charge in [-0.05, 0) is 30.0 Å². The zero-order valence-corrected chi connectivity index (χ0v) is 11.2. The van der Waals surface area contributed by atoms with Gasteiger partial charge in [-0.15, -0.1) is 0 Å². The average Bonchev–Trinajstić information content (AvgIpc) is 2.28. The molecule has 4 heteroatoms. The zero-order chi connectivity index (χ0) is 12.7. The van der Waals surface area contributed by atoms with Gasteiger partial charge in [0, 0.05) is 11.6 Å². The Hall–Kier alpha value is -1.22. The number of hydrogen-bond acceptors (Lipinski definition) is 1. The van der Waals surface area contributed by atoms with Crippen molar-refractivity contribution in [3.05, 3.63) is 34.9 Å². The zero-order valence-electron chi connectivity index (χ0n) is 10.4. The van der Waals surface area contributed by atoms with E-state index in [2.05, 4.69) is 24.2 Å². The number of hydrogen-bond donors (Lipinski definition) is 2. The summed E-state index contributed by atoms with van der Waals surface area (Å²) in [5, 5.41) is 3.83. The van der Waals surface area contributed by atoms with Gasteiger partial charge in [0.05, 0.1) is 6.54 Å². The number of benzene rings is 1. The standard InChI is InChI=1S/C13H20ClN3/c1-10(2)7-8-16-13(15)17-9-11-3-5-12(14)6-4-11/h3-6,10H,7-9H2,1-2H3,(H3,15,16,17). The second kappa shape index (κ2) is 7.17. The molecule has 3 nitrogen and oxygen atoms in total. The summed E-state index contributed by atoms with van der Waals surface area (Å²) in [6.07, 6.45) is 1.09. The molecule has 0 spiro atoms. The number of halogens is 1. The lowest BCUT2D eigenvalue weighted by Gasteiger charge is -2.07. The molecule has 0 amide bonds. The van der Waals surface area contributed by atoms with Crippen LogP contribution in [-0.2, 0) is 6.54 Å². The third-order valence-corrected chi connectivity index (χ3v) is 2.63. The molecule has 3 N–H and O–H groups in total. The van der Waals surface area contributed by atoms with Gasteiger partial charge < -0.3 is 11.1 Å². The fourth-order valence-electron chi connectivity index (χ4n) is 1.31. The largest absolute Gasteiger partial charge is 0.370 e. The van der Waals surface area contributed by atoms with Crippen molar-refractivity contribution in [3.63, 3.8) is 0 Å². The molecule has 0 aliphatic carbocycles. The summed E-state index contributed by atoms with van der Waals surface area (Å²) in [5.41, 5.74) is 6.85. The molecule has 0 atom stereocenters. The molecule has 94 valence electrons. The molecule has 17 heavy (non-hydrogen) atoms. The molecule has 1 aromatic rings. The minimum absolute atomic E-state index is 0.501. The molecule has 0 heterocycles. The Balaban J connectivity index is 2.34. The van der Waals surface area contributed by atoms with E-state index in [0.717, 1.165) is 23.6 Å². The van der Waals surface area contributed by atoms with Crippen LogP contribution >= 0.6 is 11.6 Å². The van der Waals surface area contributed by atoms with Gasteiger partial charge in [-0.1, -0.05) is 37.6 Å². The van der Waals surface area contributed by atoms with Crippen LogP contribution < -0.4 is 11.1 Å². The number of nitrogens with zero attached hydrogens (tertiary/aromatic N) is 1. The van der Waals surface area contributed by atoms with Gasteiger partial charge >= 0.3 is 0 Å². The summed E-state index contributed by atoms with van der Waals surface area (Å²) < 4.78 is 0. The highest BCUT2D eigenvalue weighted by atomic mass is 35.5. The smallest absolute Gasteiger partial charge is 0.188 e. The normalized spacial score (nSPS) is 11.9. The van der Waals surface area contributed by atoms with Gasteiger partial charge in [0.25, 0.3) is 0 Å². The van der Waals surface area contributed by atoms with Crippen molar-refractivity contribution in [2.24, 2.45) is 16.6 Å². The van der Waals surface area contributed by atoms with Crippen molar-refractivity contribution in [1.29, 1.82) is 0 Å². The van der Waals surface area contributed by atoms with Crippen molar-refractivity contribution in [2.75, 3.05) is 6.54 Å². The van der Waals surface area contributed by atoms with E-state index in [9.17, 15) is 0 Å². The molecule has 0 aliphatic heterocycles. The van der Waals surface area contributed by atoms with Gasteiger partial charge in [0.1, 0.15) is 0 Å². The second-order valence-corrected chi connectivity index (χ2v) is 4.87. The Bertz CT molecular complexity index is 357. The minimum atomic E-state index is 0.501. The fourth-order valence-corrected chi connectivity index (χ4v) is 1.44. The average molecular weight is 254 g/mol. The molecule has 0 saturated carbocycles. The lowest BCUT2D eigenvalue weighted by atomic mass is 10.1. The van der Waals surface area contributed by atoms with Crippen LogP contribution in [0.2, 0.25) is 5.02 Å². The minimum Gasteiger partial charge on any atom is -0.370 e. The molecule has 1 aromatic carbocycles. The second-order valence-electron chi connectivity index (χ2n) is 4.44. The van der Waals surface area contributed by atoms with Crippen LogP contribution in [0.1, 0.15) is 25.8 Å². The maximum atomic E-state index is 5.80. The molecule has 0 bridgehead atoms. The summed E-state index contributed by atoms with van der Waals surface area (Å²) >= 11 is 5.80. The van der Waals surface area contributed by atoms with Crippen LogP contribution in [0.25, 0.3) is 0 Å². The molecular weight excluding hydrogens is 234 g/mol. The van der Waals surface area contributed by atoms with Gasteiger partial charge in [-0.3, -0.25) is 0 Å². The Labute approximate surface area is 108 Å². The highest BCUT2D eigenvalue weighted by Gasteiger charge is 1.96. The molecule has 0 saturated heterocycles. The van der Waals surface area contributed by atoms with Crippen LogP contribution in [0.15, 0.2) is 29.3 Å². The first-order valence-corrected chi connectivity index (χ1v) is 6.24. The molecule has 0 aliphatic rings. The Morgan fingerprint density at radius 3 is 2.59 bits per heavy atom. The van der Waals surface area contributed by atoms with Crippen molar-refractivity contribution in [2.45, 2.75) is 26.8 Å².